The van der Waals surface area contributed by atoms with Crippen LogP contribution in [0.25, 0.3) is 0 Å². The average molecular weight is 334 g/mol. The fourth-order valence-corrected chi connectivity index (χ4v) is 3.07. The number of rotatable bonds is 4. The molecule has 0 unspecified atom stereocenters. The Morgan fingerprint density at radius 1 is 1.29 bits per heavy atom. The number of aromatic nitrogens is 2. The van der Waals surface area contributed by atoms with Crippen molar-refractivity contribution in [2.75, 3.05) is 19.6 Å². The summed E-state index contributed by atoms with van der Waals surface area (Å²) in [5.74, 6) is 0.673. The minimum absolute atomic E-state index is 0.0217. The van der Waals surface area contributed by atoms with Gasteiger partial charge in [0.15, 0.2) is 0 Å². The topological polar surface area (TPSA) is 67.2 Å². The fourth-order valence-electron chi connectivity index (χ4n) is 3.07. The molecule has 2 amide bonds. The minimum atomic E-state index is -0.0625. The van der Waals surface area contributed by atoms with Gasteiger partial charge in [0, 0.05) is 39.0 Å². The molecule has 0 atom stereocenters. The van der Waals surface area contributed by atoms with Crippen molar-refractivity contribution in [3.8, 4) is 0 Å². The number of piperidine rings is 1. The second-order valence-electron chi connectivity index (χ2n) is 7.80. The normalized spacial score (nSPS) is 16.3. The third kappa shape index (κ3) is 4.58. The zero-order chi connectivity index (χ0) is 17.9. The molecule has 2 rings (SSSR count). The van der Waals surface area contributed by atoms with Gasteiger partial charge < -0.3 is 10.2 Å². The molecule has 1 aliphatic rings. The molecule has 0 spiro atoms. The smallest absolute Gasteiger partial charge is 0.272 e. The van der Waals surface area contributed by atoms with Crippen LogP contribution in [0.3, 0.4) is 0 Å². The van der Waals surface area contributed by atoms with E-state index in [1.165, 1.54) is 0 Å². The van der Waals surface area contributed by atoms with E-state index in [9.17, 15) is 9.59 Å². The number of nitrogens with one attached hydrogen (secondary N) is 1. The average Bonchev–Trinajstić information content (AvgIpc) is 2.89. The molecule has 0 saturated carbocycles. The number of nitrogens with zero attached hydrogens (tertiary/aromatic N) is 3. The van der Waals surface area contributed by atoms with Gasteiger partial charge in [0.05, 0.1) is 5.69 Å². The van der Waals surface area contributed by atoms with Crippen LogP contribution in [-0.2, 0) is 17.3 Å². The lowest BCUT2D eigenvalue weighted by Gasteiger charge is -2.32. The fraction of sp³-hybridized carbons (Fsp3) is 0.722. The molecule has 1 saturated heterocycles. The van der Waals surface area contributed by atoms with E-state index in [-0.39, 0.29) is 17.2 Å². The van der Waals surface area contributed by atoms with Crippen LogP contribution in [0.15, 0.2) is 6.07 Å². The van der Waals surface area contributed by atoms with Gasteiger partial charge in [-0.1, -0.05) is 20.8 Å². The van der Waals surface area contributed by atoms with Gasteiger partial charge in [-0.25, -0.2) is 0 Å². The van der Waals surface area contributed by atoms with E-state index in [4.69, 9.17) is 0 Å². The van der Waals surface area contributed by atoms with Gasteiger partial charge in [0.1, 0.15) is 5.69 Å². The van der Waals surface area contributed by atoms with Crippen molar-refractivity contribution in [3.05, 3.63) is 17.5 Å². The molecule has 1 N–H and O–H groups in total. The third-order valence-electron chi connectivity index (χ3n) is 4.70. The van der Waals surface area contributed by atoms with Crippen LogP contribution in [0.5, 0.6) is 0 Å². The maximum absolute atomic E-state index is 12.8. The molecule has 6 nitrogen and oxygen atoms in total. The van der Waals surface area contributed by atoms with Crippen LogP contribution < -0.4 is 5.32 Å². The Balaban J connectivity index is 1.91. The summed E-state index contributed by atoms with van der Waals surface area (Å²) in [6, 6.07) is 1.92. The quantitative estimate of drug-likeness (QED) is 0.917. The highest BCUT2D eigenvalue weighted by atomic mass is 16.2. The molecular formula is C18H30N4O2. The van der Waals surface area contributed by atoms with Crippen LogP contribution in [-0.4, -0.2) is 46.1 Å². The van der Waals surface area contributed by atoms with E-state index in [2.05, 4.69) is 31.2 Å². The molecule has 6 heteroatoms. The monoisotopic (exact) mass is 334 g/mol. The maximum atomic E-state index is 12.8. The molecular weight excluding hydrogens is 304 g/mol. The molecule has 2 heterocycles. The predicted molar refractivity (Wildman–Crippen MR) is 93.8 cm³/mol. The van der Waals surface area contributed by atoms with Crippen molar-refractivity contribution in [3.63, 3.8) is 0 Å². The molecule has 0 radical (unpaired) electrons. The Morgan fingerprint density at radius 3 is 2.42 bits per heavy atom. The SMILES string of the molecule is CC(=O)NCCC1CCN(C(=O)c2cc(C(C)(C)C)nn2C)CC1. The summed E-state index contributed by atoms with van der Waals surface area (Å²) < 4.78 is 1.70. The predicted octanol–water partition coefficient (Wildman–Crippen LogP) is 2.10. The molecule has 1 aromatic heterocycles. The van der Waals surface area contributed by atoms with Crippen LogP contribution in [0.4, 0.5) is 0 Å². The number of hydrogen-bond donors (Lipinski definition) is 1. The number of amides is 2. The van der Waals surface area contributed by atoms with Gasteiger partial charge >= 0.3 is 0 Å². The summed E-state index contributed by atoms with van der Waals surface area (Å²) in [6.45, 7) is 10.1. The largest absolute Gasteiger partial charge is 0.356 e. The summed E-state index contributed by atoms with van der Waals surface area (Å²) in [7, 11) is 1.84. The van der Waals surface area contributed by atoms with Gasteiger partial charge in [-0.2, -0.15) is 5.10 Å². The summed E-state index contributed by atoms with van der Waals surface area (Å²) in [5.41, 5.74) is 1.54. The number of likely N-dealkylation sites (tertiary alicyclic amines) is 1. The van der Waals surface area contributed by atoms with E-state index in [1.807, 2.05) is 18.0 Å². The summed E-state index contributed by atoms with van der Waals surface area (Å²) in [5, 5.41) is 7.34. The van der Waals surface area contributed by atoms with Gasteiger partial charge in [-0.3, -0.25) is 14.3 Å². The highest BCUT2D eigenvalue weighted by Gasteiger charge is 2.27. The van der Waals surface area contributed by atoms with Gasteiger partial charge in [-0.15, -0.1) is 0 Å². The second kappa shape index (κ2) is 7.36. The number of aryl methyl sites for hydroxylation is 1. The number of hydrogen-bond acceptors (Lipinski definition) is 3. The van der Waals surface area contributed by atoms with Crippen molar-refractivity contribution in [2.45, 2.75) is 52.4 Å². The number of carbonyl (C=O) groups excluding carboxylic acids is 2. The Labute approximate surface area is 144 Å². The molecule has 134 valence electrons. The van der Waals surface area contributed by atoms with E-state index >= 15 is 0 Å². The Morgan fingerprint density at radius 2 is 1.92 bits per heavy atom. The molecule has 0 aliphatic carbocycles. The first-order valence-electron chi connectivity index (χ1n) is 8.76. The Kier molecular flexibility index (Phi) is 5.67. The first-order chi connectivity index (χ1) is 11.2. The standard InChI is InChI=1S/C18H30N4O2/c1-13(23)19-9-6-14-7-10-22(11-8-14)17(24)15-12-16(18(2,3)4)20-21(15)5/h12,14H,6-11H2,1-5H3,(H,19,23). The zero-order valence-electron chi connectivity index (χ0n) is 15.6. The molecule has 0 aromatic carbocycles. The maximum Gasteiger partial charge on any atom is 0.272 e. The van der Waals surface area contributed by atoms with Gasteiger partial charge in [0.2, 0.25) is 5.91 Å². The molecule has 24 heavy (non-hydrogen) atoms. The summed E-state index contributed by atoms with van der Waals surface area (Å²) in [6.07, 6.45) is 2.98. The first-order valence-corrected chi connectivity index (χ1v) is 8.76. The molecule has 1 fully saturated rings. The lowest BCUT2D eigenvalue weighted by Crippen LogP contribution is -2.39. The van der Waals surface area contributed by atoms with E-state index in [1.54, 1.807) is 11.6 Å². The van der Waals surface area contributed by atoms with Crippen LogP contribution in [0, 0.1) is 5.92 Å². The van der Waals surface area contributed by atoms with Crippen LogP contribution in [0.1, 0.15) is 63.1 Å². The van der Waals surface area contributed by atoms with Crippen molar-refractivity contribution in [1.82, 2.24) is 20.0 Å². The molecule has 1 aliphatic heterocycles. The van der Waals surface area contributed by atoms with E-state index < -0.39 is 0 Å². The highest BCUT2D eigenvalue weighted by molar-refractivity contribution is 5.92. The van der Waals surface area contributed by atoms with Crippen molar-refractivity contribution in [2.24, 2.45) is 13.0 Å². The lowest BCUT2D eigenvalue weighted by molar-refractivity contribution is -0.119. The molecule has 1 aromatic rings. The summed E-state index contributed by atoms with van der Waals surface area (Å²) in [4.78, 5) is 25.6. The van der Waals surface area contributed by atoms with Gasteiger partial charge in [-0.05, 0) is 31.2 Å². The van der Waals surface area contributed by atoms with E-state index in [0.29, 0.717) is 11.6 Å². The highest BCUT2D eigenvalue weighted by Crippen LogP contribution is 2.24. The van der Waals surface area contributed by atoms with Crippen LogP contribution in [0.2, 0.25) is 0 Å². The number of carbonyl (C=O) groups is 2. The van der Waals surface area contributed by atoms with Gasteiger partial charge in [0.25, 0.3) is 5.91 Å². The van der Waals surface area contributed by atoms with Crippen molar-refractivity contribution < 1.29 is 9.59 Å². The lowest BCUT2D eigenvalue weighted by atomic mass is 9.92. The Bertz CT molecular complexity index is 593. The minimum Gasteiger partial charge on any atom is -0.356 e. The third-order valence-corrected chi connectivity index (χ3v) is 4.70. The zero-order valence-corrected chi connectivity index (χ0v) is 15.6. The van der Waals surface area contributed by atoms with E-state index in [0.717, 1.165) is 44.6 Å². The Hall–Kier alpha value is -1.85. The van der Waals surface area contributed by atoms with Crippen molar-refractivity contribution >= 4 is 11.8 Å². The summed E-state index contributed by atoms with van der Waals surface area (Å²) >= 11 is 0. The second-order valence-corrected chi connectivity index (χ2v) is 7.80. The van der Waals surface area contributed by atoms with Crippen molar-refractivity contribution in [1.29, 1.82) is 0 Å². The molecule has 0 bridgehead atoms. The van der Waals surface area contributed by atoms with Crippen LogP contribution >= 0.6 is 0 Å². The first kappa shape index (κ1) is 18.5.